The van der Waals surface area contributed by atoms with Gasteiger partial charge in [-0.2, -0.15) is 0 Å². The van der Waals surface area contributed by atoms with E-state index in [1.54, 1.807) is 11.3 Å². The fraction of sp³-hybridized carbons (Fsp3) is 0.667. The predicted octanol–water partition coefficient (Wildman–Crippen LogP) is 3.62. The van der Waals surface area contributed by atoms with Crippen molar-refractivity contribution < 1.29 is 4.79 Å². The standard InChI is InChI=1S/C15H23BrN2OS/c1-11-3-5-15(10-17,6-4-11)14(19)18(2)8-12-7-13(16)20-9-12/h7,9,11H,3-6,8,10,17H2,1-2H3. The maximum Gasteiger partial charge on any atom is 0.230 e. The molecule has 2 N–H and O–H groups in total. The van der Waals surface area contributed by atoms with Gasteiger partial charge in [-0.1, -0.05) is 6.92 Å². The third-order valence-corrected chi connectivity index (χ3v) is 6.02. The molecule has 0 saturated heterocycles. The van der Waals surface area contributed by atoms with Crippen molar-refractivity contribution in [3.8, 4) is 0 Å². The van der Waals surface area contributed by atoms with E-state index in [0.29, 0.717) is 13.1 Å². The molecule has 1 aromatic heterocycles. The van der Waals surface area contributed by atoms with Gasteiger partial charge in [-0.25, -0.2) is 0 Å². The maximum absolute atomic E-state index is 12.8. The SMILES string of the molecule is CC1CCC(CN)(C(=O)N(C)Cc2csc(Br)c2)CC1. The molecule has 2 rings (SSSR count). The molecule has 1 aliphatic carbocycles. The fourth-order valence-electron chi connectivity index (χ4n) is 3.00. The van der Waals surface area contributed by atoms with Crippen LogP contribution in [0.1, 0.15) is 38.2 Å². The van der Waals surface area contributed by atoms with Crippen LogP contribution >= 0.6 is 27.3 Å². The monoisotopic (exact) mass is 358 g/mol. The average molecular weight is 359 g/mol. The number of amides is 1. The molecule has 1 saturated carbocycles. The fourth-order valence-corrected chi connectivity index (χ4v) is 4.20. The highest BCUT2D eigenvalue weighted by Gasteiger charge is 2.41. The van der Waals surface area contributed by atoms with Gasteiger partial charge in [0, 0.05) is 20.1 Å². The minimum Gasteiger partial charge on any atom is -0.341 e. The Morgan fingerprint density at radius 2 is 2.20 bits per heavy atom. The molecule has 0 atom stereocenters. The molecule has 0 aliphatic heterocycles. The van der Waals surface area contributed by atoms with E-state index in [2.05, 4.69) is 34.3 Å². The largest absolute Gasteiger partial charge is 0.341 e. The van der Waals surface area contributed by atoms with E-state index in [1.807, 2.05) is 11.9 Å². The second-order valence-electron chi connectivity index (χ2n) is 6.09. The summed E-state index contributed by atoms with van der Waals surface area (Å²) in [5, 5.41) is 2.09. The molecule has 1 aliphatic rings. The van der Waals surface area contributed by atoms with E-state index in [1.165, 1.54) is 5.56 Å². The highest BCUT2D eigenvalue weighted by Crippen LogP contribution is 2.39. The molecule has 1 aromatic rings. The van der Waals surface area contributed by atoms with Gasteiger partial charge in [-0.3, -0.25) is 4.79 Å². The van der Waals surface area contributed by atoms with Crippen molar-refractivity contribution in [1.82, 2.24) is 4.90 Å². The van der Waals surface area contributed by atoms with E-state index in [9.17, 15) is 4.79 Å². The summed E-state index contributed by atoms with van der Waals surface area (Å²) < 4.78 is 1.10. The van der Waals surface area contributed by atoms with Crippen LogP contribution in [-0.2, 0) is 11.3 Å². The highest BCUT2D eigenvalue weighted by molar-refractivity contribution is 9.11. The van der Waals surface area contributed by atoms with Crippen molar-refractivity contribution in [3.05, 3.63) is 20.8 Å². The lowest BCUT2D eigenvalue weighted by Gasteiger charge is -2.39. The van der Waals surface area contributed by atoms with Crippen LogP contribution in [0, 0.1) is 11.3 Å². The van der Waals surface area contributed by atoms with E-state index in [4.69, 9.17) is 5.73 Å². The molecule has 1 amide bonds. The van der Waals surface area contributed by atoms with Gasteiger partial charge < -0.3 is 10.6 Å². The van der Waals surface area contributed by atoms with Crippen LogP contribution in [0.3, 0.4) is 0 Å². The van der Waals surface area contributed by atoms with Crippen LogP contribution in [0.5, 0.6) is 0 Å². The zero-order chi connectivity index (χ0) is 14.8. The number of thiophene rings is 1. The molecule has 0 bridgehead atoms. The lowest BCUT2D eigenvalue weighted by Crippen LogP contribution is -2.48. The first kappa shape index (κ1) is 16.0. The average Bonchev–Trinajstić information content (AvgIpc) is 2.84. The summed E-state index contributed by atoms with van der Waals surface area (Å²) in [6, 6.07) is 2.08. The summed E-state index contributed by atoms with van der Waals surface area (Å²) in [7, 11) is 1.89. The Labute approximate surface area is 133 Å². The third-order valence-electron chi connectivity index (χ3n) is 4.46. The molecule has 3 nitrogen and oxygen atoms in total. The van der Waals surface area contributed by atoms with Crippen LogP contribution in [0.25, 0.3) is 0 Å². The quantitative estimate of drug-likeness (QED) is 0.893. The number of halogens is 1. The molecule has 0 spiro atoms. The van der Waals surface area contributed by atoms with Crippen molar-refractivity contribution in [2.24, 2.45) is 17.1 Å². The van der Waals surface area contributed by atoms with Gasteiger partial charge in [-0.05, 0) is 64.5 Å². The van der Waals surface area contributed by atoms with Crippen LogP contribution in [0.15, 0.2) is 15.2 Å². The normalized spacial score (nSPS) is 26.5. The summed E-state index contributed by atoms with van der Waals surface area (Å²) in [4.78, 5) is 14.7. The lowest BCUT2D eigenvalue weighted by molar-refractivity contribution is -0.143. The number of hydrogen-bond donors (Lipinski definition) is 1. The maximum atomic E-state index is 12.8. The molecule has 1 fully saturated rings. The molecular weight excluding hydrogens is 336 g/mol. The molecule has 0 radical (unpaired) electrons. The summed E-state index contributed by atoms with van der Waals surface area (Å²) in [6.45, 7) is 3.39. The smallest absolute Gasteiger partial charge is 0.230 e. The Morgan fingerprint density at radius 1 is 1.55 bits per heavy atom. The summed E-state index contributed by atoms with van der Waals surface area (Å²) in [6.07, 6.45) is 4.09. The van der Waals surface area contributed by atoms with Gasteiger partial charge in [0.05, 0.1) is 9.20 Å². The number of rotatable bonds is 4. The minimum absolute atomic E-state index is 0.217. The van der Waals surface area contributed by atoms with Crippen molar-refractivity contribution in [2.45, 2.75) is 39.2 Å². The molecule has 20 heavy (non-hydrogen) atoms. The summed E-state index contributed by atoms with van der Waals surface area (Å²) in [5.74, 6) is 0.940. The van der Waals surface area contributed by atoms with Crippen molar-refractivity contribution in [2.75, 3.05) is 13.6 Å². The Bertz CT molecular complexity index is 466. The van der Waals surface area contributed by atoms with Gasteiger partial charge in [0.25, 0.3) is 0 Å². The number of hydrogen-bond acceptors (Lipinski definition) is 3. The van der Waals surface area contributed by atoms with Gasteiger partial charge in [0.2, 0.25) is 5.91 Å². The zero-order valence-corrected chi connectivity index (χ0v) is 14.6. The number of carbonyl (C=O) groups excluding carboxylic acids is 1. The van der Waals surface area contributed by atoms with Crippen LogP contribution in [0.4, 0.5) is 0 Å². The molecule has 0 aromatic carbocycles. The van der Waals surface area contributed by atoms with Gasteiger partial charge in [0.1, 0.15) is 0 Å². The Balaban J connectivity index is 2.04. The Kier molecular flexibility index (Phi) is 5.26. The molecule has 1 heterocycles. The number of nitrogens with two attached hydrogens (primary N) is 1. The van der Waals surface area contributed by atoms with E-state index in [-0.39, 0.29) is 11.3 Å². The highest BCUT2D eigenvalue weighted by atomic mass is 79.9. The topological polar surface area (TPSA) is 46.3 Å². The summed E-state index contributed by atoms with van der Waals surface area (Å²) in [5.41, 5.74) is 6.82. The van der Waals surface area contributed by atoms with Crippen LogP contribution in [0.2, 0.25) is 0 Å². The first-order valence-electron chi connectivity index (χ1n) is 7.15. The zero-order valence-electron chi connectivity index (χ0n) is 12.2. The third kappa shape index (κ3) is 3.43. The van der Waals surface area contributed by atoms with E-state index in [0.717, 1.165) is 35.4 Å². The second-order valence-corrected chi connectivity index (χ2v) is 8.38. The van der Waals surface area contributed by atoms with Gasteiger partial charge >= 0.3 is 0 Å². The number of carbonyl (C=O) groups is 1. The lowest BCUT2D eigenvalue weighted by atomic mass is 9.70. The number of nitrogens with zero attached hydrogens (tertiary/aromatic N) is 1. The van der Waals surface area contributed by atoms with Crippen molar-refractivity contribution in [1.29, 1.82) is 0 Å². The van der Waals surface area contributed by atoms with Gasteiger partial charge in [-0.15, -0.1) is 11.3 Å². The Hall–Kier alpha value is -0.390. The molecular formula is C15H23BrN2OS. The van der Waals surface area contributed by atoms with E-state index < -0.39 is 0 Å². The van der Waals surface area contributed by atoms with Crippen molar-refractivity contribution >= 4 is 33.2 Å². The van der Waals surface area contributed by atoms with Gasteiger partial charge in [0.15, 0.2) is 0 Å². The predicted molar refractivity (Wildman–Crippen MR) is 87.6 cm³/mol. The first-order valence-corrected chi connectivity index (χ1v) is 8.82. The van der Waals surface area contributed by atoms with Crippen LogP contribution < -0.4 is 5.73 Å². The van der Waals surface area contributed by atoms with Crippen molar-refractivity contribution in [3.63, 3.8) is 0 Å². The van der Waals surface area contributed by atoms with E-state index >= 15 is 0 Å². The summed E-state index contributed by atoms with van der Waals surface area (Å²) >= 11 is 5.11. The van der Waals surface area contributed by atoms with Crippen LogP contribution in [-0.4, -0.2) is 24.4 Å². The molecule has 5 heteroatoms. The molecule has 112 valence electrons. The molecule has 0 unspecified atom stereocenters. The Morgan fingerprint density at radius 3 is 2.70 bits per heavy atom. The minimum atomic E-state index is -0.325. The second kappa shape index (κ2) is 6.58. The first-order chi connectivity index (χ1) is 9.47.